The van der Waals surface area contributed by atoms with Gasteiger partial charge in [0.05, 0.1) is 6.42 Å². The first-order chi connectivity index (χ1) is 5.18. The molecule has 1 fully saturated rings. The van der Waals surface area contributed by atoms with E-state index in [1.54, 1.807) is 0 Å². The van der Waals surface area contributed by atoms with Gasteiger partial charge in [-0.15, -0.1) is 0 Å². The highest BCUT2D eigenvalue weighted by molar-refractivity contribution is 5.67. The Morgan fingerprint density at radius 3 is 2.36 bits per heavy atom. The van der Waals surface area contributed by atoms with Crippen LogP contribution in [0.2, 0.25) is 0 Å². The Kier molecular flexibility index (Phi) is 2.53. The lowest BCUT2D eigenvalue weighted by Gasteiger charge is -2.24. The molecule has 0 atom stereocenters. The van der Waals surface area contributed by atoms with Gasteiger partial charge in [0.1, 0.15) is 0 Å². The van der Waals surface area contributed by atoms with Crippen LogP contribution in [0.3, 0.4) is 0 Å². The van der Waals surface area contributed by atoms with E-state index in [0.717, 1.165) is 19.3 Å². The maximum absolute atomic E-state index is 10.5. The fourth-order valence-corrected chi connectivity index (χ4v) is 2.10. The molecule has 0 spiro atoms. The first-order valence-electron chi connectivity index (χ1n) is 4.40. The van der Waals surface area contributed by atoms with Crippen molar-refractivity contribution in [3.8, 4) is 0 Å². The van der Waals surface area contributed by atoms with E-state index >= 15 is 0 Å². The molecular weight excluding hydrogens is 140 g/mol. The number of hydrogen-bond donors (Lipinski definition) is 1. The zero-order chi connectivity index (χ0) is 8.32. The molecule has 0 unspecified atom stereocenters. The van der Waals surface area contributed by atoms with Gasteiger partial charge < -0.3 is 5.11 Å². The van der Waals surface area contributed by atoms with Crippen LogP contribution in [0, 0.1) is 5.41 Å². The molecule has 0 radical (unpaired) electrons. The van der Waals surface area contributed by atoms with Crippen LogP contribution < -0.4 is 0 Å². The summed E-state index contributed by atoms with van der Waals surface area (Å²) in [6.07, 6.45) is 6.09. The van der Waals surface area contributed by atoms with Crippen molar-refractivity contribution in [2.45, 2.75) is 45.4 Å². The zero-order valence-corrected chi connectivity index (χ0v) is 7.10. The highest BCUT2D eigenvalue weighted by atomic mass is 16.4. The van der Waals surface area contributed by atoms with Crippen LogP contribution in [0.4, 0.5) is 0 Å². The number of carboxylic acids is 1. The van der Waals surface area contributed by atoms with Gasteiger partial charge in [-0.25, -0.2) is 0 Å². The van der Waals surface area contributed by atoms with Gasteiger partial charge in [0.2, 0.25) is 0 Å². The Balaban J connectivity index is 2.52. The zero-order valence-electron chi connectivity index (χ0n) is 7.10. The lowest BCUT2D eigenvalue weighted by molar-refractivity contribution is -0.139. The van der Waals surface area contributed by atoms with Crippen molar-refractivity contribution in [3.05, 3.63) is 0 Å². The van der Waals surface area contributed by atoms with Crippen LogP contribution in [-0.2, 0) is 4.79 Å². The molecule has 0 amide bonds. The van der Waals surface area contributed by atoms with Crippen LogP contribution >= 0.6 is 0 Å². The van der Waals surface area contributed by atoms with E-state index in [0.29, 0.717) is 6.42 Å². The maximum atomic E-state index is 10.5. The average molecular weight is 156 g/mol. The van der Waals surface area contributed by atoms with Crippen molar-refractivity contribution in [1.82, 2.24) is 0 Å². The molecule has 11 heavy (non-hydrogen) atoms. The van der Waals surface area contributed by atoms with E-state index in [1.165, 1.54) is 12.8 Å². The second-order valence-corrected chi connectivity index (χ2v) is 3.63. The summed E-state index contributed by atoms with van der Waals surface area (Å²) in [5, 5.41) is 8.67. The number of rotatable bonds is 3. The van der Waals surface area contributed by atoms with Crippen molar-refractivity contribution in [3.63, 3.8) is 0 Å². The van der Waals surface area contributed by atoms with Gasteiger partial charge in [0, 0.05) is 0 Å². The molecule has 64 valence electrons. The predicted octanol–water partition coefficient (Wildman–Crippen LogP) is 2.43. The summed E-state index contributed by atoms with van der Waals surface area (Å²) < 4.78 is 0. The van der Waals surface area contributed by atoms with E-state index in [4.69, 9.17) is 5.11 Å². The lowest BCUT2D eigenvalue weighted by atomic mass is 9.80. The van der Waals surface area contributed by atoms with Crippen LogP contribution in [0.15, 0.2) is 0 Å². The molecule has 0 aliphatic heterocycles. The lowest BCUT2D eigenvalue weighted by Crippen LogP contribution is -2.19. The molecule has 0 aromatic rings. The first kappa shape index (κ1) is 8.57. The Bertz CT molecular complexity index is 146. The summed E-state index contributed by atoms with van der Waals surface area (Å²) in [7, 11) is 0. The summed E-state index contributed by atoms with van der Waals surface area (Å²) in [6, 6.07) is 0. The minimum Gasteiger partial charge on any atom is -0.481 e. The molecule has 1 rings (SSSR count). The van der Waals surface area contributed by atoms with Crippen molar-refractivity contribution < 1.29 is 9.90 Å². The fourth-order valence-electron chi connectivity index (χ4n) is 2.10. The SMILES string of the molecule is CCC1(CC(=O)O)CCCC1. The van der Waals surface area contributed by atoms with Crippen molar-refractivity contribution in [2.24, 2.45) is 5.41 Å². The van der Waals surface area contributed by atoms with Crippen LogP contribution in [-0.4, -0.2) is 11.1 Å². The highest BCUT2D eigenvalue weighted by Gasteiger charge is 2.33. The third-order valence-electron chi connectivity index (χ3n) is 2.94. The van der Waals surface area contributed by atoms with Gasteiger partial charge in [-0.3, -0.25) is 4.79 Å². The van der Waals surface area contributed by atoms with E-state index in [1.807, 2.05) is 0 Å². The van der Waals surface area contributed by atoms with Gasteiger partial charge in [-0.1, -0.05) is 19.8 Å². The summed E-state index contributed by atoms with van der Waals surface area (Å²) in [5.41, 5.74) is 0.159. The monoisotopic (exact) mass is 156 g/mol. The number of hydrogen-bond acceptors (Lipinski definition) is 1. The van der Waals surface area contributed by atoms with E-state index < -0.39 is 5.97 Å². The molecule has 1 saturated carbocycles. The standard InChI is InChI=1S/C9H16O2/c1-2-9(7-8(10)11)5-3-4-6-9/h2-7H2,1H3,(H,10,11). The molecule has 0 saturated heterocycles. The summed E-state index contributed by atoms with van der Waals surface area (Å²) in [6.45, 7) is 2.11. The summed E-state index contributed by atoms with van der Waals surface area (Å²) in [5.74, 6) is -0.631. The molecule has 1 aliphatic carbocycles. The highest BCUT2D eigenvalue weighted by Crippen LogP contribution is 2.43. The van der Waals surface area contributed by atoms with Crippen LogP contribution in [0.25, 0.3) is 0 Å². The van der Waals surface area contributed by atoms with Gasteiger partial charge in [-0.2, -0.15) is 0 Å². The molecule has 0 aromatic carbocycles. The fraction of sp³-hybridized carbons (Fsp3) is 0.889. The van der Waals surface area contributed by atoms with Crippen molar-refractivity contribution in [1.29, 1.82) is 0 Å². The Hall–Kier alpha value is -0.530. The third kappa shape index (κ3) is 1.95. The van der Waals surface area contributed by atoms with E-state index in [2.05, 4.69) is 6.92 Å². The average Bonchev–Trinajstić information content (AvgIpc) is 2.36. The molecular formula is C9H16O2. The molecule has 0 bridgehead atoms. The van der Waals surface area contributed by atoms with Gasteiger partial charge in [-0.05, 0) is 24.7 Å². The van der Waals surface area contributed by atoms with Gasteiger partial charge >= 0.3 is 5.97 Å². The minimum absolute atomic E-state index is 0.159. The third-order valence-corrected chi connectivity index (χ3v) is 2.94. The maximum Gasteiger partial charge on any atom is 0.303 e. The molecule has 2 nitrogen and oxygen atoms in total. The largest absolute Gasteiger partial charge is 0.481 e. The van der Waals surface area contributed by atoms with Crippen LogP contribution in [0.5, 0.6) is 0 Å². The van der Waals surface area contributed by atoms with Gasteiger partial charge in [0.15, 0.2) is 0 Å². The molecule has 0 aromatic heterocycles. The number of carboxylic acid groups (broad SMARTS) is 1. The van der Waals surface area contributed by atoms with Gasteiger partial charge in [0.25, 0.3) is 0 Å². The van der Waals surface area contributed by atoms with Crippen LogP contribution in [0.1, 0.15) is 45.4 Å². The number of carbonyl (C=O) groups is 1. The normalized spacial score (nSPS) is 21.9. The van der Waals surface area contributed by atoms with E-state index in [-0.39, 0.29) is 5.41 Å². The molecule has 1 aliphatic rings. The second kappa shape index (κ2) is 3.24. The predicted molar refractivity (Wildman–Crippen MR) is 43.4 cm³/mol. The molecule has 1 N–H and O–H groups in total. The molecule has 0 heterocycles. The second-order valence-electron chi connectivity index (χ2n) is 3.63. The smallest absolute Gasteiger partial charge is 0.303 e. The topological polar surface area (TPSA) is 37.3 Å². The quantitative estimate of drug-likeness (QED) is 0.681. The van der Waals surface area contributed by atoms with Crippen molar-refractivity contribution in [2.75, 3.05) is 0 Å². The molecule has 2 heteroatoms. The van der Waals surface area contributed by atoms with E-state index in [9.17, 15) is 4.79 Å². The minimum atomic E-state index is -0.631. The Labute approximate surface area is 67.6 Å². The first-order valence-corrected chi connectivity index (χ1v) is 4.40. The summed E-state index contributed by atoms with van der Waals surface area (Å²) >= 11 is 0. The Morgan fingerprint density at radius 2 is 2.00 bits per heavy atom. The van der Waals surface area contributed by atoms with Crippen molar-refractivity contribution >= 4 is 5.97 Å². The summed E-state index contributed by atoms with van der Waals surface area (Å²) in [4.78, 5) is 10.5. The Morgan fingerprint density at radius 1 is 1.45 bits per heavy atom. The number of aliphatic carboxylic acids is 1.